The van der Waals surface area contributed by atoms with E-state index in [1.165, 1.54) is 21.7 Å². The highest BCUT2D eigenvalue weighted by molar-refractivity contribution is 7.91. The molecule has 0 radical (unpaired) electrons. The molecule has 0 bridgehead atoms. The number of hydrogen-bond acceptors (Lipinski definition) is 5. The van der Waals surface area contributed by atoms with Gasteiger partial charge in [0.25, 0.3) is 5.91 Å². The molecule has 2 heterocycles. The van der Waals surface area contributed by atoms with Crippen molar-refractivity contribution in [3.05, 3.63) is 41.5 Å². The van der Waals surface area contributed by atoms with E-state index in [-0.39, 0.29) is 35.0 Å². The number of hydrogen-bond donors (Lipinski definition) is 0. The zero-order valence-electron chi connectivity index (χ0n) is 13.3. The highest BCUT2D eigenvalue weighted by Gasteiger charge is 2.34. The number of sulfone groups is 1. The lowest BCUT2D eigenvalue weighted by Gasteiger charge is -2.22. The summed E-state index contributed by atoms with van der Waals surface area (Å²) in [6.07, 6.45) is 0.426. The van der Waals surface area contributed by atoms with Crippen molar-refractivity contribution in [2.24, 2.45) is 0 Å². The number of rotatable bonds is 3. The lowest BCUT2D eigenvalue weighted by Crippen LogP contribution is -2.38. The number of carbonyl (C=O) groups is 1. The van der Waals surface area contributed by atoms with Gasteiger partial charge in [0, 0.05) is 13.1 Å². The van der Waals surface area contributed by atoms with Crippen molar-refractivity contribution >= 4 is 15.7 Å². The van der Waals surface area contributed by atoms with Gasteiger partial charge in [-0.05, 0) is 37.6 Å². The number of halogens is 1. The molecular formula is C15H17FN4O3S. The molecule has 1 aliphatic rings. The Morgan fingerprint density at radius 3 is 2.58 bits per heavy atom. The van der Waals surface area contributed by atoms with Gasteiger partial charge in [-0.2, -0.15) is 0 Å². The Labute approximate surface area is 139 Å². The topological polar surface area (TPSA) is 85.2 Å². The number of amides is 1. The Bertz CT molecular complexity index is 877. The van der Waals surface area contributed by atoms with E-state index in [9.17, 15) is 17.6 Å². The third kappa shape index (κ3) is 3.03. The summed E-state index contributed by atoms with van der Waals surface area (Å²) in [6, 6.07) is 5.33. The van der Waals surface area contributed by atoms with E-state index >= 15 is 0 Å². The van der Waals surface area contributed by atoms with E-state index in [0.29, 0.717) is 17.8 Å². The summed E-state index contributed by atoms with van der Waals surface area (Å²) in [5, 5.41) is 7.87. The molecule has 1 amide bonds. The van der Waals surface area contributed by atoms with Crippen LogP contribution in [0.4, 0.5) is 4.39 Å². The average Bonchev–Trinajstić information content (AvgIpc) is 3.09. The Hall–Kier alpha value is -2.29. The average molecular weight is 352 g/mol. The standard InChI is InChI=1S/C15H17FN4O3S/c1-10-14(15(21)19(2)13-7-8-24(22,23)9-13)17-18-20(10)12-5-3-11(16)4-6-12/h3-6,13H,7-9H2,1-2H3/t13-/m1/s1. The Morgan fingerprint density at radius 2 is 2.00 bits per heavy atom. The Balaban J connectivity index is 1.85. The maximum absolute atomic E-state index is 13.0. The van der Waals surface area contributed by atoms with Crippen LogP contribution < -0.4 is 0 Å². The molecule has 7 nitrogen and oxygen atoms in total. The van der Waals surface area contributed by atoms with E-state index in [4.69, 9.17) is 0 Å². The van der Waals surface area contributed by atoms with Gasteiger partial charge in [-0.15, -0.1) is 5.10 Å². The van der Waals surface area contributed by atoms with Crippen molar-refractivity contribution < 1.29 is 17.6 Å². The predicted octanol–water partition coefficient (Wildman–Crippen LogP) is 0.974. The fraction of sp³-hybridized carbons (Fsp3) is 0.400. The van der Waals surface area contributed by atoms with Gasteiger partial charge in [0.1, 0.15) is 5.82 Å². The van der Waals surface area contributed by atoms with E-state index in [2.05, 4.69) is 10.3 Å². The van der Waals surface area contributed by atoms with Gasteiger partial charge >= 0.3 is 0 Å². The number of nitrogens with zero attached hydrogens (tertiary/aromatic N) is 4. The quantitative estimate of drug-likeness (QED) is 0.822. The SMILES string of the molecule is Cc1c(C(=O)N(C)[C@@H]2CCS(=O)(=O)C2)nnn1-c1ccc(F)cc1. The summed E-state index contributed by atoms with van der Waals surface area (Å²) >= 11 is 0. The Morgan fingerprint density at radius 1 is 1.33 bits per heavy atom. The van der Waals surface area contributed by atoms with E-state index < -0.39 is 9.84 Å². The molecule has 1 aromatic carbocycles. The van der Waals surface area contributed by atoms with Crippen LogP contribution in [0.1, 0.15) is 22.6 Å². The second-order valence-corrected chi connectivity index (χ2v) is 8.11. The third-order valence-electron chi connectivity index (χ3n) is 4.24. The zero-order valence-corrected chi connectivity index (χ0v) is 14.1. The Kier molecular flexibility index (Phi) is 4.12. The van der Waals surface area contributed by atoms with Crippen molar-refractivity contribution in [2.45, 2.75) is 19.4 Å². The van der Waals surface area contributed by atoms with Crippen LogP contribution in [-0.4, -0.2) is 58.8 Å². The molecule has 0 spiro atoms. The summed E-state index contributed by atoms with van der Waals surface area (Å²) in [5.74, 6) is -0.672. The lowest BCUT2D eigenvalue weighted by molar-refractivity contribution is 0.0741. The number of aromatic nitrogens is 3. The summed E-state index contributed by atoms with van der Waals surface area (Å²) < 4.78 is 37.6. The van der Waals surface area contributed by atoms with Crippen LogP contribution in [-0.2, 0) is 9.84 Å². The zero-order chi connectivity index (χ0) is 17.5. The third-order valence-corrected chi connectivity index (χ3v) is 6.00. The molecule has 1 aliphatic heterocycles. The van der Waals surface area contributed by atoms with Crippen LogP contribution in [0.2, 0.25) is 0 Å². The molecule has 1 saturated heterocycles. The molecule has 24 heavy (non-hydrogen) atoms. The number of carbonyl (C=O) groups excluding carboxylic acids is 1. The van der Waals surface area contributed by atoms with Gasteiger partial charge in [-0.1, -0.05) is 5.21 Å². The van der Waals surface area contributed by atoms with E-state index in [1.54, 1.807) is 26.1 Å². The fourth-order valence-corrected chi connectivity index (χ4v) is 4.54. The first-order chi connectivity index (χ1) is 11.3. The van der Waals surface area contributed by atoms with Crippen LogP contribution in [0.3, 0.4) is 0 Å². The van der Waals surface area contributed by atoms with Crippen LogP contribution >= 0.6 is 0 Å². The molecule has 128 valence electrons. The smallest absolute Gasteiger partial charge is 0.276 e. The first-order valence-electron chi connectivity index (χ1n) is 7.44. The molecule has 0 N–H and O–H groups in total. The summed E-state index contributed by atoms with van der Waals surface area (Å²) in [5.41, 5.74) is 1.26. The van der Waals surface area contributed by atoms with Crippen LogP contribution in [0.5, 0.6) is 0 Å². The molecule has 0 unspecified atom stereocenters. The maximum Gasteiger partial charge on any atom is 0.276 e. The monoisotopic (exact) mass is 352 g/mol. The van der Waals surface area contributed by atoms with Gasteiger partial charge in [0.05, 0.1) is 22.9 Å². The van der Waals surface area contributed by atoms with Crippen molar-refractivity contribution in [3.8, 4) is 5.69 Å². The van der Waals surface area contributed by atoms with E-state index in [0.717, 1.165) is 0 Å². The normalized spacial score (nSPS) is 19.4. The summed E-state index contributed by atoms with van der Waals surface area (Å²) in [6.45, 7) is 1.69. The van der Waals surface area contributed by atoms with Gasteiger partial charge in [-0.3, -0.25) is 4.79 Å². The molecule has 1 aromatic heterocycles. The molecule has 9 heteroatoms. The molecule has 2 aromatic rings. The maximum atomic E-state index is 13.0. The fourth-order valence-electron chi connectivity index (χ4n) is 2.77. The molecular weight excluding hydrogens is 335 g/mol. The highest BCUT2D eigenvalue weighted by Crippen LogP contribution is 2.20. The van der Waals surface area contributed by atoms with Gasteiger partial charge < -0.3 is 4.90 Å². The van der Waals surface area contributed by atoms with Crippen LogP contribution in [0.15, 0.2) is 24.3 Å². The summed E-state index contributed by atoms with van der Waals surface area (Å²) in [7, 11) is -1.51. The minimum absolute atomic E-state index is 0.0274. The van der Waals surface area contributed by atoms with Crippen molar-refractivity contribution in [1.82, 2.24) is 19.9 Å². The second-order valence-electron chi connectivity index (χ2n) is 5.88. The predicted molar refractivity (Wildman–Crippen MR) is 85.2 cm³/mol. The first-order valence-corrected chi connectivity index (χ1v) is 9.26. The molecule has 1 fully saturated rings. The van der Waals surface area contributed by atoms with Crippen molar-refractivity contribution in [2.75, 3.05) is 18.6 Å². The molecule has 3 rings (SSSR count). The largest absolute Gasteiger partial charge is 0.336 e. The minimum atomic E-state index is -3.08. The van der Waals surface area contributed by atoms with Gasteiger partial charge in [-0.25, -0.2) is 17.5 Å². The highest BCUT2D eigenvalue weighted by atomic mass is 32.2. The lowest BCUT2D eigenvalue weighted by atomic mass is 10.2. The molecule has 0 saturated carbocycles. The summed E-state index contributed by atoms with van der Waals surface area (Å²) in [4.78, 5) is 14.0. The first kappa shape index (κ1) is 16.6. The van der Waals surface area contributed by atoms with Gasteiger partial charge in [0.2, 0.25) is 0 Å². The van der Waals surface area contributed by atoms with Crippen LogP contribution in [0, 0.1) is 12.7 Å². The molecule has 1 atom stereocenters. The van der Waals surface area contributed by atoms with E-state index in [1.807, 2.05) is 0 Å². The van der Waals surface area contributed by atoms with Crippen LogP contribution in [0.25, 0.3) is 5.69 Å². The molecule has 0 aliphatic carbocycles. The second kappa shape index (κ2) is 5.97. The van der Waals surface area contributed by atoms with Crippen molar-refractivity contribution in [3.63, 3.8) is 0 Å². The van der Waals surface area contributed by atoms with Crippen molar-refractivity contribution in [1.29, 1.82) is 0 Å². The van der Waals surface area contributed by atoms with Gasteiger partial charge in [0.15, 0.2) is 15.5 Å². The number of benzene rings is 1. The minimum Gasteiger partial charge on any atom is -0.336 e.